The van der Waals surface area contributed by atoms with Crippen molar-refractivity contribution in [3.05, 3.63) is 69.7 Å². The number of carbonyl (C=O) groups is 2. The first-order chi connectivity index (χ1) is 12.4. The van der Waals surface area contributed by atoms with Crippen LogP contribution in [0.1, 0.15) is 18.1 Å². The van der Waals surface area contributed by atoms with E-state index >= 15 is 0 Å². The number of nitrogens with zero attached hydrogens (tertiary/aromatic N) is 1. The van der Waals surface area contributed by atoms with Crippen LogP contribution in [-0.4, -0.2) is 36.3 Å². The molecule has 0 fully saturated rings. The number of amides is 2. The molecular formula is C20H22Cl2N2O2. The molecule has 0 aliphatic rings. The first kappa shape index (κ1) is 20.3. The lowest BCUT2D eigenvalue weighted by Crippen LogP contribution is -2.48. The number of carbonyl (C=O) groups excluding carboxylic acids is 2. The van der Waals surface area contributed by atoms with Crippen molar-refractivity contribution in [2.75, 3.05) is 13.6 Å². The van der Waals surface area contributed by atoms with Gasteiger partial charge in [-0.2, -0.15) is 0 Å². The van der Waals surface area contributed by atoms with E-state index in [4.69, 9.17) is 23.2 Å². The van der Waals surface area contributed by atoms with Crippen LogP contribution in [0.25, 0.3) is 0 Å². The van der Waals surface area contributed by atoms with Gasteiger partial charge in [-0.3, -0.25) is 9.59 Å². The lowest BCUT2D eigenvalue weighted by molar-refractivity contribution is -0.139. The van der Waals surface area contributed by atoms with Crippen molar-refractivity contribution >= 4 is 35.0 Å². The van der Waals surface area contributed by atoms with E-state index in [1.807, 2.05) is 30.3 Å². The summed E-state index contributed by atoms with van der Waals surface area (Å²) in [4.78, 5) is 26.5. The summed E-state index contributed by atoms with van der Waals surface area (Å²) in [6.07, 6.45) is 0.836. The van der Waals surface area contributed by atoms with Gasteiger partial charge in [0, 0.05) is 13.6 Å². The summed E-state index contributed by atoms with van der Waals surface area (Å²) in [6.45, 7) is 2.19. The number of hydrogen-bond donors (Lipinski definition) is 1. The topological polar surface area (TPSA) is 49.4 Å². The van der Waals surface area contributed by atoms with Crippen molar-refractivity contribution in [2.45, 2.75) is 25.8 Å². The molecule has 2 aromatic rings. The Morgan fingerprint density at radius 3 is 2.35 bits per heavy atom. The van der Waals surface area contributed by atoms with Gasteiger partial charge in [0.2, 0.25) is 11.8 Å². The smallest absolute Gasteiger partial charge is 0.242 e. The van der Waals surface area contributed by atoms with Gasteiger partial charge in [0.15, 0.2) is 0 Å². The maximum Gasteiger partial charge on any atom is 0.242 e. The number of likely N-dealkylation sites (N-methyl/N-ethyl adjacent to an activating group) is 1. The fourth-order valence-electron chi connectivity index (χ4n) is 2.70. The van der Waals surface area contributed by atoms with Gasteiger partial charge in [0.25, 0.3) is 0 Å². The average molecular weight is 393 g/mol. The van der Waals surface area contributed by atoms with E-state index in [1.54, 1.807) is 37.1 Å². The Hall–Kier alpha value is -2.04. The Kier molecular flexibility index (Phi) is 7.49. The number of halogens is 2. The Morgan fingerprint density at radius 2 is 1.73 bits per heavy atom. The Morgan fingerprint density at radius 1 is 1.04 bits per heavy atom. The fraction of sp³-hybridized carbons (Fsp3) is 0.300. The minimum atomic E-state index is -0.556. The molecule has 0 saturated heterocycles. The predicted octanol–water partition coefficient (Wildman–Crippen LogP) is 3.74. The molecule has 0 heterocycles. The van der Waals surface area contributed by atoms with Crippen molar-refractivity contribution in [2.24, 2.45) is 0 Å². The summed E-state index contributed by atoms with van der Waals surface area (Å²) < 4.78 is 0. The first-order valence-corrected chi connectivity index (χ1v) is 9.17. The van der Waals surface area contributed by atoms with Crippen LogP contribution in [0.4, 0.5) is 0 Å². The molecule has 0 aliphatic carbocycles. The van der Waals surface area contributed by atoms with Crippen LogP contribution in [0, 0.1) is 0 Å². The van der Waals surface area contributed by atoms with E-state index in [-0.39, 0.29) is 18.2 Å². The van der Waals surface area contributed by atoms with Gasteiger partial charge >= 0.3 is 0 Å². The number of nitrogens with one attached hydrogen (secondary N) is 1. The summed E-state index contributed by atoms with van der Waals surface area (Å²) in [5, 5.41) is 3.46. The van der Waals surface area contributed by atoms with E-state index in [1.165, 1.54) is 0 Å². The molecule has 1 unspecified atom stereocenters. The highest BCUT2D eigenvalue weighted by Crippen LogP contribution is 2.23. The predicted molar refractivity (Wildman–Crippen MR) is 106 cm³/mol. The van der Waals surface area contributed by atoms with E-state index in [9.17, 15) is 9.59 Å². The molecule has 0 aromatic heterocycles. The second-order valence-electron chi connectivity index (χ2n) is 6.04. The largest absolute Gasteiger partial charge is 0.357 e. The molecule has 0 radical (unpaired) electrons. The van der Waals surface area contributed by atoms with Crippen LogP contribution in [0.15, 0.2) is 48.5 Å². The second-order valence-corrected chi connectivity index (χ2v) is 6.85. The van der Waals surface area contributed by atoms with Gasteiger partial charge in [-0.15, -0.1) is 0 Å². The summed E-state index contributed by atoms with van der Waals surface area (Å²) in [7, 11) is 1.57. The molecule has 26 heavy (non-hydrogen) atoms. The van der Waals surface area contributed by atoms with Crippen molar-refractivity contribution < 1.29 is 9.59 Å². The summed E-state index contributed by atoms with van der Waals surface area (Å²) >= 11 is 12.0. The zero-order valence-electron chi connectivity index (χ0n) is 14.8. The van der Waals surface area contributed by atoms with Gasteiger partial charge in [-0.25, -0.2) is 0 Å². The third-order valence-corrected chi connectivity index (χ3v) is 4.98. The molecule has 4 nitrogen and oxygen atoms in total. The molecule has 138 valence electrons. The van der Waals surface area contributed by atoms with Crippen molar-refractivity contribution in [1.29, 1.82) is 0 Å². The summed E-state index contributed by atoms with van der Waals surface area (Å²) in [6, 6.07) is 14.4. The number of rotatable bonds is 7. The molecule has 1 N–H and O–H groups in total. The zero-order valence-corrected chi connectivity index (χ0v) is 16.3. The lowest BCUT2D eigenvalue weighted by Gasteiger charge is -2.28. The molecule has 2 aromatic carbocycles. The Labute approximate surface area is 164 Å². The van der Waals surface area contributed by atoms with Crippen LogP contribution >= 0.6 is 23.2 Å². The van der Waals surface area contributed by atoms with E-state index < -0.39 is 6.04 Å². The molecular weight excluding hydrogens is 371 g/mol. The summed E-state index contributed by atoms with van der Waals surface area (Å²) in [5.74, 6) is -0.323. The molecule has 2 rings (SSSR count). The monoisotopic (exact) mass is 392 g/mol. The highest BCUT2D eigenvalue weighted by atomic mass is 35.5. The third-order valence-electron chi connectivity index (χ3n) is 4.24. The fourth-order valence-corrected chi connectivity index (χ4v) is 3.03. The first-order valence-electron chi connectivity index (χ1n) is 8.41. The highest BCUT2D eigenvalue weighted by Gasteiger charge is 2.25. The highest BCUT2D eigenvalue weighted by molar-refractivity contribution is 6.42. The normalized spacial score (nSPS) is 11.7. The quantitative estimate of drug-likeness (QED) is 0.779. The SMILES string of the molecule is CNC(=O)C(C)N(CCc1ccccc1)C(=O)Cc1ccc(Cl)c(Cl)c1. The number of benzene rings is 2. The van der Waals surface area contributed by atoms with Gasteiger partial charge < -0.3 is 10.2 Å². The van der Waals surface area contributed by atoms with Gasteiger partial charge in [-0.1, -0.05) is 59.6 Å². The van der Waals surface area contributed by atoms with Gasteiger partial charge in [0.05, 0.1) is 16.5 Å². The molecule has 1 atom stereocenters. The Balaban J connectivity index is 2.14. The van der Waals surface area contributed by atoms with Crippen molar-refractivity contribution in [3.8, 4) is 0 Å². The second kappa shape index (κ2) is 9.60. The molecule has 0 bridgehead atoms. The third kappa shape index (κ3) is 5.48. The minimum absolute atomic E-state index is 0.129. The number of hydrogen-bond acceptors (Lipinski definition) is 2. The molecule has 0 aliphatic heterocycles. The van der Waals surface area contributed by atoms with E-state index in [0.717, 1.165) is 11.1 Å². The standard InChI is InChI=1S/C20H22Cl2N2O2/c1-14(20(26)23-2)24(11-10-15-6-4-3-5-7-15)19(25)13-16-8-9-17(21)18(22)12-16/h3-9,12,14H,10-11,13H2,1-2H3,(H,23,26). The van der Waals surface area contributed by atoms with Crippen molar-refractivity contribution in [3.63, 3.8) is 0 Å². The molecule has 6 heteroatoms. The van der Waals surface area contributed by atoms with Gasteiger partial charge in [0.1, 0.15) is 6.04 Å². The van der Waals surface area contributed by atoms with Crippen LogP contribution < -0.4 is 5.32 Å². The zero-order chi connectivity index (χ0) is 19.1. The lowest BCUT2D eigenvalue weighted by atomic mass is 10.1. The van der Waals surface area contributed by atoms with Crippen molar-refractivity contribution in [1.82, 2.24) is 10.2 Å². The minimum Gasteiger partial charge on any atom is -0.357 e. The molecule has 0 spiro atoms. The molecule has 2 amide bonds. The average Bonchev–Trinajstić information content (AvgIpc) is 2.65. The molecule has 0 saturated carbocycles. The summed E-state index contributed by atoms with van der Waals surface area (Å²) in [5.41, 5.74) is 1.88. The van der Waals surface area contributed by atoms with E-state index in [2.05, 4.69) is 5.32 Å². The van der Waals surface area contributed by atoms with Crippen LogP contribution in [-0.2, 0) is 22.4 Å². The Bertz CT molecular complexity index is 766. The van der Waals surface area contributed by atoms with Crippen LogP contribution in [0.2, 0.25) is 10.0 Å². The van der Waals surface area contributed by atoms with E-state index in [0.29, 0.717) is 23.0 Å². The maximum atomic E-state index is 12.9. The van der Waals surface area contributed by atoms with Crippen LogP contribution in [0.3, 0.4) is 0 Å². The maximum absolute atomic E-state index is 12.9. The van der Waals surface area contributed by atoms with Gasteiger partial charge in [-0.05, 0) is 36.6 Å². The van der Waals surface area contributed by atoms with Crippen LogP contribution in [0.5, 0.6) is 0 Å².